The lowest BCUT2D eigenvalue weighted by Crippen LogP contribution is -2.17. The minimum absolute atomic E-state index is 0.0696. The fraction of sp³-hybridized carbons (Fsp3) is 0.500. The van der Waals surface area contributed by atoms with Crippen LogP contribution in [0.25, 0.3) is 0 Å². The molecule has 1 saturated heterocycles. The topological polar surface area (TPSA) is 35.5 Å². The SMILES string of the molecule is COc1ccc(C)cc1CC(=O)C1CCOC1. The van der Waals surface area contributed by atoms with Gasteiger partial charge in [-0.15, -0.1) is 0 Å². The van der Waals surface area contributed by atoms with Gasteiger partial charge in [0.1, 0.15) is 11.5 Å². The first kappa shape index (κ1) is 12.1. The van der Waals surface area contributed by atoms with Crippen molar-refractivity contribution < 1.29 is 14.3 Å². The predicted molar refractivity (Wildman–Crippen MR) is 65.4 cm³/mol. The average molecular weight is 234 g/mol. The van der Waals surface area contributed by atoms with Crippen molar-refractivity contribution in [2.24, 2.45) is 5.92 Å². The van der Waals surface area contributed by atoms with Gasteiger partial charge in [0.25, 0.3) is 0 Å². The number of aryl methyl sites for hydroxylation is 1. The Kier molecular flexibility index (Phi) is 3.79. The maximum absolute atomic E-state index is 12.1. The Labute approximate surface area is 102 Å². The number of Topliss-reactive ketones (excluding diaryl/α,β-unsaturated/α-hetero) is 1. The molecule has 0 aromatic heterocycles. The summed E-state index contributed by atoms with van der Waals surface area (Å²) in [5.74, 6) is 1.12. The number of hydrogen-bond acceptors (Lipinski definition) is 3. The Hall–Kier alpha value is -1.35. The molecule has 92 valence electrons. The Morgan fingerprint density at radius 2 is 2.35 bits per heavy atom. The van der Waals surface area contributed by atoms with Crippen LogP contribution in [0.1, 0.15) is 17.5 Å². The summed E-state index contributed by atoms with van der Waals surface area (Å²) in [6.07, 6.45) is 1.30. The van der Waals surface area contributed by atoms with Crippen molar-refractivity contribution in [2.45, 2.75) is 19.8 Å². The van der Waals surface area contributed by atoms with E-state index in [4.69, 9.17) is 9.47 Å². The zero-order valence-corrected chi connectivity index (χ0v) is 10.4. The number of ether oxygens (including phenoxy) is 2. The Morgan fingerprint density at radius 3 is 3.00 bits per heavy atom. The highest BCUT2D eigenvalue weighted by molar-refractivity contribution is 5.84. The Morgan fingerprint density at radius 1 is 1.53 bits per heavy atom. The molecule has 1 aliphatic heterocycles. The molecule has 1 atom stereocenters. The molecular weight excluding hydrogens is 216 g/mol. The molecule has 1 fully saturated rings. The largest absolute Gasteiger partial charge is 0.496 e. The van der Waals surface area contributed by atoms with Crippen molar-refractivity contribution >= 4 is 5.78 Å². The second-order valence-electron chi connectivity index (χ2n) is 4.52. The summed E-state index contributed by atoms with van der Waals surface area (Å²) in [5.41, 5.74) is 2.13. The summed E-state index contributed by atoms with van der Waals surface area (Å²) in [6.45, 7) is 3.31. The normalized spacial score (nSPS) is 19.3. The van der Waals surface area contributed by atoms with Crippen LogP contribution in [-0.4, -0.2) is 26.1 Å². The van der Waals surface area contributed by atoms with Crippen LogP contribution in [0, 0.1) is 12.8 Å². The van der Waals surface area contributed by atoms with Gasteiger partial charge in [-0.2, -0.15) is 0 Å². The van der Waals surface area contributed by atoms with Gasteiger partial charge in [0, 0.05) is 24.5 Å². The molecular formula is C14H18O3. The van der Waals surface area contributed by atoms with Crippen LogP contribution in [0.2, 0.25) is 0 Å². The number of methoxy groups -OCH3 is 1. The molecule has 0 aliphatic carbocycles. The average Bonchev–Trinajstić information content (AvgIpc) is 2.83. The fourth-order valence-corrected chi connectivity index (χ4v) is 2.17. The first-order chi connectivity index (χ1) is 8.20. The number of benzene rings is 1. The highest BCUT2D eigenvalue weighted by atomic mass is 16.5. The summed E-state index contributed by atoms with van der Waals surface area (Å²) in [7, 11) is 1.64. The molecule has 17 heavy (non-hydrogen) atoms. The van der Waals surface area contributed by atoms with Gasteiger partial charge in [-0.1, -0.05) is 17.7 Å². The summed E-state index contributed by atoms with van der Waals surface area (Å²) in [4.78, 5) is 12.1. The third-order valence-corrected chi connectivity index (χ3v) is 3.19. The number of carbonyl (C=O) groups excluding carboxylic acids is 1. The van der Waals surface area contributed by atoms with Crippen molar-refractivity contribution in [3.8, 4) is 5.75 Å². The molecule has 1 heterocycles. The second-order valence-corrected chi connectivity index (χ2v) is 4.52. The zero-order valence-electron chi connectivity index (χ0n) is 10.4. The lowest BCUT2D eigenvalue weighted by molar-refractivity contribution is -0.122. The van der Waals surface area contributed by atoms with Gasteiger partial charge in [-0.05, 0) is 19.4 Å². The highest BCUT2D eigenvalue weighted by Gasteiger charge is 2.24. The van der Waals surface area contributed by atoms with Crippen LogP contribution < -0.4 is 4.74 Å². The van der Waals surface area contributed by atoms with Crippen molar-refractivity contribution in [3.63, 3.8) is 0 Å². The first-order valence-electron chi connectivity index (χ1n) is 5.94. The van der Waals surface area contributed by atoms with Crippen LogP contribution in [0.5, 0.6) is 5.75 Å². The van der Waals surface area contributed by atoms with E-state index in [2.05, 4.69) is 0 Å². The van der Waals surface area contributed by atoms with Crippen LogP contribution in [0.4, 0.5) is 0 Å². The number of hydrogen-bond donors (Lipinski definition) is 0. The van der Waals surface area contributed by atoms with E-state index in [0.717, 1.165) is 23.3 Å². The van der Waals surface area contributed by atoms with E-state index >= 15 is 0 Å². The third kappa shape index (κ3) is 2.86. The second kappa shape index (κ2) is 5.32. The van der Waals surface area contributed by atoms with E-state index in [-0.39, 0.29) is 11.7 Å². The molecule has 0 spiro atoms. The van der Waals surface area contributed by atoms with E-state index < -0.39 is 0 Å². The summed E-state index contributed by atoms with van der Waals surface area (Å²) < 4.78 is 10.5. The minimum Gasteiger partial charge on any atom is -0.496 e. The predicted octanol–water partition coefficient (Wildman–Crippen LogP) is 2.15. The van der Waals surface area contributed by atoms with E-state index in [0.29, 0.717) is 19.6 Å². The molecule has 1 aliphatic rings. The molecule has 0 amide bonds. The molecule has 1 aromatic rings. The van der Waals surface area contributed by atoms with Gasteiger partial charge in [0.2, 0.25) is 0 Å². The van der Waals surface area contributed by atoms with E-state index in [1.165, 1.54) is 0 Å². The van der Waals surface area contributed by atoms with Crippen LogP contribution in [0.15, 0.2) is 18.2 Å². The first-order valence-corrected chi connectivity index (χ1v) is 5.94. The lowest BCUT2D eigenvalue weighted by Gasteiger charge is -2.11. The van der Waals surface area contributed by atoms with Crippen molar-refractivity contribution in [1.82, 2.24) is 0 Å². The highest BCUT2D eigenvalue weighted by Crippen LogP contribution is 2.23. The smallest absolute Gasteiger partial charge is 0.142 e. The third-order valence-electron chi connectivity index (χ3n) is 3.19. The molecule has 1 aromatic carbocycles. The number of rotatable bonds is 4. The van der Waals surface area contributed by atoms with Crippen LogP contribution in [0.3, 0.4) is 0 Å². The minimum atomic E-state index is 0.0696. The van der Waals surface area contributed by atoms with Crippen molar-refractivity contribution in [3.05, 3.63) is 29.3 Å². The van der Waals surface area contributed by atoms with Gasteiger partial charge in [0.05, 0.1) is 13.7 Å². The quantitative estimate of drug-likeness (QED) is 0.800. The molecule has 0 saturated carbocycles. The molecule has 0 radical (unpaired) electrons. The lowest BCUT2D eigenvalue weighted by atomic mass is 9.96. The fourth-order valence-electron chi connectivity index (χ4n) is 2.17. The Balaban J connectivity index is 2.11. The molecule has 0 N–H and O–H groups in total. The molecule has 3 heteroatoms. The van der Waals surface area contributed by atoms with Gasteiger partial charge in [0.15, 0.2) is 0 Å². The molecule has 1 unspecified atom stereocenters. The summed E-state index contributed by atoms with van der Waals surface area (Å²) in [5, 5.41) is 0. The monoisotopic (exact) mass is 234 g/mol. The van der Waals surface area contributed by atoms with Gasteiger partial charge >= 0.3 is 0 Å². The van der Waals surface area contributed by atoms with Gasteiger partial charge < -0.3 is 9.47 Å². The molecule has 0 bridgehead atoms. The summed E-state index contributed by atoms with van der Waals surface area (Å²) in [6, 6.07) is 5.93. The Bertz CT molecular complexity index is 406. The standard InChI is InChI=1S/C14H18O3/c1-10-3-4-14(16-2)12(7-10)8-13(15)11-5-6-17-9-11/h3-4,7,11H,5-6,8-9H2,1-2H3. The maximum Gasteiger partial charge on any atom is 0.142 e. The van der Waals surface area contributed by atoms with Crippen molar-refractivity contribution in [2.75, 3.05) is 20.3 Å². The number of ketones is 1. The maximum atomic E-state index is 12.1. The van der Waals surface area contributed by atoms with E-state index in [9.17, 15) is 4.79 Å². The van der Waals surface area contributed by atoms with E-state index in [1.54, 1.807) is 7.11 Å². The van der Waals surface area contributed by atoms with E-state index in [1.807, 2.05) is 25.1 Å². The van der Waals surface area contributed by atoms with Crippen molar-refractivity contribution in [1.29, 1.82) is 0 Å². The summed E-state index contributed by atoms with van der Waals surface area (Å²) >= 11 is 0. The van der Waals surface area contributed by atoms with Crippen LogP contribution in [-0.2, 0) is 16.0 Å². The molecule has 2 rings (SSSR count). The van der Waals surface area contributed by atoms with Gasteiger partial charge in [-0.3, -0.25) is 4.79 Å². The molecule has 3 nitrogen and oxygen atoms in total. The number of carbonyl (C=O) groups is 1. The van der Waals surface area contributed by atoms with Gasteiger partial charge in [-0.25, -0.2) is 0 Å². The zero-order chi connectivity index (χ0) is 12.3. The van der Waals surface area contributed by atoms with Crippen LogP contribution >= 0.6 is 0 Å².